The number of sulfone groups is 1. The normalized spacial score (nSPS) is 22.2. The Morgan fingerprint density at radius 1 is 0.769 bits per heavy atom. The molecule has 1 fully saturated rings. The SMILES string of the molecule is O=S(=O)(Cc1ccccc1)CC1COCCOCCOCCOCCO1. The first kappa shape index (κ1) is 21.3. The van der Waals surface area contributed by atoms with Gasteiger partial charge in [-0.05, 0) is 5.56 Å². The van der Waals surface area contributed by atoms with Gasteiger partial charge in [0.15, 0.2) is 9.84 Å². The third-order valence-electron chi connectivity index (χ3n) is 3.67. The second kappa shape index (κ2) is 12.4. The zero-order valence-electron chi connectivity index (χ0n) is 15.0. The smallest absolute Gasteiger partial charge is 0.157 e. The molecule has 0 amide bonds. The van der Waals surface area contributed by atoms with Crippen molar-refractivity contribution in [1.82, 2.24) is 0 Å². The van der Waals surface area contributed by atoms with Gasteiger partial charge in [0.25, 0.3) is 0 Å². The highest BCUT2D eigenvalue weighted by Gasteiger charge is 2.21. The lowest BCUT2D eigenvalue weighted by atomic mass is 10.2. The van der Waals surface area contributed by atoms with Gasteiger partial charge in [-0.15, -0.1) is 0 Å². The van der Waals surface area contributed by atoms with Crippen molar-refractivity contribution in [2.75, 3.05) is 65.2 Å². The standard InChI is InChI=1S/C18H28O7S/c19-26(20,15-17-4-2-1-3-5-17)16-18-14-24-11-10-22-7-6-21-8-9-23-12-13-25-18/h1-5,18H,6-16H2. The van der Waals surface area contributed by atoms with Crippen molar-refractivity contribution in [2.24, 2.45) is 0 Å². The highest BCUT2D eigenvalue weighted by Crippen LogP contribution is 2.09. The summed E-state index contributed by atoms with van der Waals surface area (Å²) >= 11 is 0. The number of rotatable bonds is 4. The van der Waals surface area contributed by atoms with Crippen molar-refractivity contribution in [3.8, 4) is 0 Å². The lowest BCUT2D eigenvalue weighted by Crippen LogP contribution is -2.31. The van der Waals surface area contributed by atoms with Crippen LogP contribution in [-0.4, -0.2) is 79.7 Å². The predicted molar refractivity (Wildman–Crippen MR) is 96.9 cm³/mol. The molecule has 1 aliphatic rings. The number of hydrogen-bond donors (Lipinski definition) is 0. The third kappa shape index (κ3) is 9.61. The summed E-state index contributed by atoms with van der Waals surface area (Å²) in [5, 5.41) is 0. The minimum Gasteiger partial charge on any atom is -0.377 e. The summed E-state index contributed by atoms with van der Waals surface area (Å²) in [7, 11) is -3.32. The molecule has 148 valence electrons. The van der Waals surface area contributed by atoms with E-state index >= 15 is 0 Å². The fraction of sp³-hybridized carbons (Fsp3) is 0.667. The van der Waals surface area contributed by atoms with Gasteiger partial charge in [0.05, 0.1) is 77.1 Å². The largest absolute Gasteiger partial charge is 0.377 e. The fourth-order valence-electron chi connectivity index (χ4n) is 2.46. The molecule has 0 N–H and O–H groups in total. The number of hydrogen-bond acceptors (Lipinski definition) is 7. The Bertz CT molecular complexity index is 560. The number of benzene rings is 1. The second-order valence-electron chi connectivity index (χ2n) is 5.95. The summed E-state index contributed by atoms with van der Waals surface area (Å²) in [5.74, 6) is -0.101. The zero-order chi connectivity index (χ0) is 18.5. The predicted octanol–water partition coefficient (Wildman–Crippen LogP) is 1.07. The first-order valence-corrected chi connectivity index (χ1v) is 10.6. The summed E-state index contributed by atoms with van der Waals surface area (Å²) in [5.41, 5.74) is 0.766. The van der Waals surface area contributed by atoms with Gasteiger partial charge in [0.1, 0.15) is 0 Å². The van der Waals surface area contributed by atoms with E-state index in [2.05, 4.69) is 0 Å². The lowest BCUT2D eigenvalue weighted by Gasteiger charge is -2.18. The molecule has 26 heavy (non-hydrogen) atoms. The van der Waals surface area contributed by atoms with E-state index in [9.17, 15) is 8.42 Å². The fourth-order valence-corrected chi connectivity index (χ4v) is 4.04. The van der Waals surface area contributed by atoms with Crippen LogP contribution in [0.4, 0.5) is 0 Å². The lowest BCUT2D eigenvalue weighted by molar-refractivity contribution is -0.0364. The van der Waals surface area contributed by atoms with Crippen molar-refractivity contribution in [3.63, 3.8) is 0 Å². The van der Waals surface area contributed by atoms with E-state index in [1.54, 1.807) is 12.1 Å². The van der Waals surface area contributed by atoms with Crippen molar-refractivity contribution >= 4 is 9.84 Å². The first-order valence-electron chi connectivity index (χ1n) is 8.83. The van der Waals surface area contributed by atoms with E-state index < -0.39 is 15.9 Å². The quantitative estimate of drug-likeness (QED) is 0.763. The van der Waals surface area contributed by atoms with Gasteiger partial charge in [0, 0.05) is 0 Å². The van der Waals surface area contributed by atoms with Crippen LogP contribution < -0.4 is 0 Å². The Hall–Kier alpha value is -1.03. The topological polar surface area (TPSA) is 80.3 Å². The molecule has 1 atom stereocenters. The van der Waals surface area contributed by atoms with Crippen LogP contribution in [0.5, 0.6) is 0 Å². The monoisotopic (exact) mass is 388 g/mol. The van der Waals surface area contributed by atoms with Crippen LogP contribution in [0.1, 0.15) is 5.56 Å². The van der Waals surface area contributed by atoms with Gasteiger partial charge in [-0.1, -0.05) is 30.3 Å². The maximum absolute atomic E-state index is 12.5. The average molecular weight is 388 g/mol. The van der Waals surface area contributed by atoms with Gasteiger partial charge < -0.3 is 23.7 Å². The maximum Gasteiger partial charge on any atom is 0.157 e. The Morgan fingerprint density at radius 3 is 1.92 bits per heavy atom. The van der Waals surface area contributed by atoms with Crippen LogP contribution in [-0.2, 0) is 39.3 Å². The molecule has 0 aliphatic carbocycles. The Kier molecular flexibility index (Phi) is 10.1. The zero-order valence-corrected chi connectivity index (χ0v) is 15.8. The first-order chi connectivity index (χ1) is 12.7. The molecule has 0 radical (unpaired) electrons. The second-order valence-corrected chi connectivity index (χ2v) is 8.05. The van der Waals surface area contributed by atoms with E-state index in [1.165, 1.54) is 0 Å². The molecule has 7 nitrogen and oxygen atoms in total. The molecule has 0 spiro atoms. The van der Waals surface area contributed by atoms with Crippen molar-refractivity contribution in [1.29, 1.82) is 0 Å². The molecule has 0 aromatic heterocycles. The molecule has 1 aromatic carbocycles. The summed E-state index contributed by atoms with van der Waals surface area (Å²) < 4.78 is 52.3. The molecule has 1 aromatic rings. The van der Waals surface area contributed by atoms with Crippen molar-refractivity contribution in [2.45, 2.75) is 11.9 Å². The van der Waals surface area contributed by atoms with Gasteiger partial charge in [-0.2, -0.15) is 0 Å². The van der Waals surface area contributed by atoms with E-state index in [-0.39, 0.29) is 18.1 Å². The molecule has 1 aliphatic heterocycles. The van der Waals surface area contributed by atoms with Crippen LogP contribution in [0.3, 0.4) is 0 Å². The summed E-state index contributed by atoms with van der Waals surface area (Å²) in [6.07, 6.45) is -0.534. The van der Waals surface area contributed by atoms with E-state index in [4.69, 9.17) is 23.7 Å². The van der Waals surface area contributed by atoms with Gasteiger partial charge in [-0.25, -0.2) is 8.42 Å². The molecule has 8 heteroatoms. The van der Waals surface area contributed by atoms with E-state index in [0.29, 0.717) is 52.9 Å². The molecular weight excluding hydrogens is 360 g/mol. The van der Waals surface area contributed by atoms with Crippen LogP contribution in [0, 0.1) is 0 Å². The molecule has 1 saturated heterocycles. The number of ether oxygens (including phenoxy) is 5. The van der Waals surface area contributed by atoms with Crippen LogP contribution in [0.15, 0.2) is 30.3 Å². The summed E-state index contributed by atoms with van der Waals surface area (Å²) in [6.45, 7) is 3.69. The summed E-state index contributed by atoms with van der Waals surface area (Å²) in [4.78, 5) is 0. The molecule has 0 bridgehead atoms. The van der Waals surface area contributed by atoms with Crippen molar-refractivity contribution in [3.05, 3.63) is 35.9 Å². The van der Waals surface area contributed by atoms with E-state index in [0.717, 1.165) is 5.56 Å². The molecule has 2 rings (SSSR count). The highest BCUT2D eigenvalue weighted by molar-refractivity contribution is 7.90. The molecule has 1 heterocycles. The summed E-state index contributed by atoms with van der Waals surface area (Å²) in [6, 6.07) is 9.13. The van der Waals surface area contributed by atoms with E-state index in [1.807, 2.05) is 18.2 Å². The highest BCUT2D eigenvalue weighted by atomic mass is 32.2. The minimum atomic E-state index is -3.32. The Labute approximate surface area is 155 Å². The van der Waals surface area contributed by atoms with Crippen LogP contribution >= 0.6 is 0 Å². The van der Waals surface area contributed by atoms with Crippen molar-refractivity contribution < 1.29 is 32.1 Å². The average Bonchev–Trinajstić information content (AvgIpc) is 2.62. The van der Waals surface area contributed by atoms with Gasteiger partial charge in [-0.3, -0.25) is 0 Å². The van der Waals surface area contributed by atoms with Gasteiger partial charge >= 0.3 is 0 Å². The minimum absolute atomic E-state index is 0.00928. The van der Waals surface area contributed by atoms with Crippen LogP contribution in [0.2, 0.25) is 0 Å². The molecule has 1 unspecified atom stereocenters. The molecule has 0 saturated carbocycles. The Balaban J connectivity index is 1.85. The Morgan fingerprint density at radius 2 is 1.31 bits per heavy atom. The third-order valence-corrected chi connectivity index (χ3v) is 5.32. The maximum atomic E-state index is 12.5. The van der Waals surface area contributed by atoms with Gasteiger partial charge in [0.2, 0.25) is 0 Å². The molecular formula is C18H28O7S. The van der Waals surface area contributed by atoms with Crippen LogP contribution in [0.25, 0.3) is 0 Å².